The van der Waals surface area contributed by atoms with Gasteiger partial charge in [-0.05, 0) is 18.6 Å². The Kier molecular flexibility index (Phi) is 3.28. The molecule has 0 saturated heterocycles. The fraction of sp³-hybridized carbons (Fsp3) is 0.400. The standard InChI is InChI=1S/C10H12N2/c1-2-5-9(8-11)10-6-3-4-7-12-10/h3-4,6-7,9H,2,5H2,1H3. The van der Waals surface area contributed by atoms with E-state index in [0.29, 0.717) is 0 Å². The van der Waals surface area contributed by atoms with Gasteiger partial charge in [0.25, 0.3) is 0 Å². The third-order valence-electron chi connectivity index (χ3n) is 1.78. The molecule has 0 bridgehead atoms. The van der Waals surface area contributed by atoms with E-state index < -0.39 is 0 Å². The van der Waals surface area contributed by atoms with Crippen molar-refractivity contribution >= 4 is 0 Å². The van der Waals surface area contributed by atoms with Crippen molar-refractivity contribution < 1.29 is 0 Å². The lowest BCUT2D eigenvalue weighted by atomic mass is 10.0. The Bertz CT molecular complexity index is 261. The molecule has 0 saturated carbocycles. The highest BCUT2D eigenvalue weighted by Gasteiger charge is 2.08. The molecule has 1 rings (SSSR count). The quantitative estimate of drug-likeness (QED) is 0.681. The summed E-state index contributed by atoms with van der Waals surface area (Å²) in [6, 6.07) is 7.95. The van der Waals surface area contributed by atoms with Crippen LogP contribution >= 0.6 is 0 Å². The van der Waals surface area contributed by atoms with Crippen molar-refractivity contribution in [1.29, 1.82) is 5.26 Å². The SMILES string of the molecule is CCCC(C#N)c1ccccn1. The van der Waals surface area contributed by atoms with E-state index in [1.54, 1.807) is 6.20 Å². The van der Waals surface area contributed by atoms with E-state index in [4.69, 9.17) is 5.26 Å². The lowest BCUT2D eigenvalue weighted by molar-refractivity contribution is 0.709. The topological polar surface area (TPSA) is 36.7 Å². The van der Waals surface area contributed by atoms with Crippen LogP contribution in [0.1, 0.15) is 31.4 Å². The second kappa shape index (κ2) is 4.50. The molecule has 1 aromatic heterocycles. The second-order valence-corrected chi connectivity index (χ2v) is 2.72. The summed E-state index contributed by atoms with van der Waals surface area (Å²) in [4.78, 5) is 4.15. The van der Waals surface area contributed by atoms with E-state index >= 15 is 0 Å². The molecule has 0 fully saturated rings. The van der Waals surface area contributed by atoms with Crippen molar-refractivity contribution in [3.05, 3.63) is 30.1 Å². The summed E-state index contributed by atoms with van der Waals surface area (Å²) in [6.45, 7) is 2.08. The molecule has 1 unspecified atom stereocenters. The van der Waals surface area contributed by atoms with Crippen LogP contribution in [0.25, 0.3) is 0 Å². The molecule has 0 spiro atoms. The third-order valence-corrected chi connectivity index (χ3v) is 1.78. The van der Waals surface area contributed by atoms with Crippen molar-refractivity contribution in [1.82, 2.24) is 4.98 Å². The largest absolute Gasteiger partial charge is 0.260 e. The van der Waals surface area contributed by atoms with Crippen LogP contribution in [0.3, 0.4) is 0 Å². The maximum absolute atomic E-state index is 8.82. The zero-order valence-electron chi connectivity index (χ0n) is 7.20. The average Bonchev–Trinajstić information content (AvgIpc) is 2.15. The molecule has 0 N–H and O–H groups in total. The Hall–Kier alpha value is -1.36. The first-order valence-corrected chi connectivity index (χ1v) is 4.19. The monoisotopic (exact) mass is 160 g/mol. The van der Waals surface area contributed by atoms with E-state index in [0.717, 1.165) is 18.5 Å². The number of hydrogen-bond acceptors (Lipinski definition) is 2. The van der Waals surface area contributed by atoms with Gasteiger partial charge in [-0.1, -0.05) is 19.4 Å². The Labute approximate surface area is 72.9 Å². The Morgan fingerprint density at radius 1 is 1.58 bits per heavy atom. The van der Waals surface area contributed by atoms with Gasteiger partial charge in [0.2, 0.25) is 0 Å². The molecule has 0 aliphatic heterocycles. The first kappa shape index (κ1) is 8.73. The number of nitrogens with zero attached hydrogens (tertiary/aromatic N) is 2. The van der Waals surface area contributed by atoms with Gasteiger partial charge in [-0.25, -0.2) is 0 Å². The normalized spacial score (nSPS) is 12.0. The second-order valence-electron chi connectivity index (χ2n) is 2.72. The van der Waals surface area contributed by atoms with Crippen LogP contribution in [-0.2, 0) is 0 Å². The molecule has 0 aliphatic carbocycles. The average molecular weight is 160 g/mol. The van der Waals surface area contributed by atoms with E-state index in [-0.39, 0.29) is 5.92 Å². The van der Waals surface area contributed by atoms with Gasteiger partial charge in [-0.3, -0.25) is 4.98 Å². The molecule has 1 aromatic rings. The molecule has 1 heterocycles. The summed E-state index contributed by atoms with van der Waals surface area (Å²) in [7, 11) is 0. The van der Waals surface area contributed by atoms with Crippen molar-refractivity contribution in [3.8, 4) is 6.07 Å². The number of nitriles is 1. The van der Waals surface area contributed by atoms with E-state index in [1.807, 2.05) is 18.2 Å². The molecule has 0 aromatic carbocycles. The molecular weight excluding hydrogens is 148 g/mol. The number of pyridine rings is 1. The Morgan fingerprint density at radius 3 is 2.92 bits per heavy atom. The van der Waals surface area contributed by atoms with Crippen LogP contribution in [0.5, 0.6) is 0 Å². The van der Waals surface area contributed by atoms with E-state index in [9.17, 15) is 0 Å². The highest BCUT2D eigenvalue weighted by Crippen LogP contribution is 2.17. The van der Waals surface area contributed by atoms with Gasteiger partial charge in [0.15, 0.2) is 0 Å². The van der Waals surface area contributed by atoms with Gasteiger partial charge in [0.1, 0.15) is 0 Å². The summed E-state index contributed by atoms with van der Waals surface area (Å²) in [5, 5.41) is 8.82. The van der Waals surface area contributed by atoms with Gasteiger partial charge in [0, 0.05) is 6.20 Å². The minimum absolute atomic E-state index is 0.0313. The minimum Gasteiger partial charge on any atom is -0.260 e. The van der Waals surface area contributed by atoms with Gasteiger partial charge < -0.3 is 0 Å². The van der Waals surface area contributed by atoms with Crippen molar-refractivity contribution in [2.75, 3.05) is 0 Å². The van der Waals surface area contributed by atoms with Gasteiger partial charge in [-0.15, -0.1) is 0 Å². The molecule has 2 nitrogen and oxygen atoms in total. The molecule has 0 amide bonds. The molecule has 1 atom stereocenters. The Morgan fingerprint density at radius 2 is 2.42 bits per heavy atom. The van der Waals surface area contributed by atoms with Gasteiger partial charge >= 0.3 is 0 Å². The first-order chi connectivity index (χ1) is 5.88. The lowest BCUT2D eigenvalue weighted by Crippen LogP contribution is -1.97. The highest BCUT2D eigenvalue weighted by molar-refractivity contribution is 5.16. The van der Waals surface area contributed by atoms with Gasteiger partial charge in [0.05, 0.1) is 17.7 Å². The summed E-state index contributed by atoms with van der Waals surface area (Å²) >= 11 is 0. The fourth-order valence-electron chi connectivity index (χ4n) is 1.15. The van der Waals surface area contributed by atoms with Crippen LogP contribution < -0.4 is 0 Å². The molecular formula is C10H12N2. The number of aromatic nitrogens is 1. The summed E-state index contributed by atoms with van der Waals surface area (Å²) in [5.74, 6) is -0.0313. The fourth-order valence-corrected chi connectivity index (χ4v) is 1.15. The third kappa shape index (κ3) is 2.06. The zero-order valence-corrected chi connectivity index (χ0v) is 7.20. The number of hydrogen-bond donors (Lipinski definition) is 0. The number of rotatable bonds is 3. The minimum atomic E-state index is -0.0313. The Balaban J connectivity index is 2.75. The van der Waals surface area contributed by atoms with Crippen molar-refractivity contribution in [2.45, 2.75) is 25.7 Å². The smallest absolute Gasteiger partial charge is 0.0884 e. The molecule has 62 valence electrons. The predicted molar refractivity (Wildman–Crippen MR) is 47.5 cm³/mol. The molecule has 0 aliphatic rings. The van der Waals surface area contributed by atoms with Crippen molar-refractivity contribution in [2.24, 2.45) is 0 Å². The maximum atomic E-state index is 8.82. The lowest BCUT2D eigenvalue weighted by Gasteiger charge is -2.04. The zero-order chi connectivity index (χ0) is 8.81. The van der Waals surface area contributed by atoms with Gasteiger partial charge in [-0.2, -0.15) is 5.26 Å². The summed E-state index contributed by atoms with van der Waals surface area (Å²) in [5.41, 5.74) is 0.891. The molecule has 0 radical (unpaired) electrons. The first-order valence-electron chi connectivity index (χ1n) is 4.19. The maximum Gasteiger partial charge on any atom is 0.0884 e. The molecule has 2 heteroatoms. The predicted octanol–water partition coefficient (Wildman–Crippen LogP) is 2.49. The van der Waals surface area contributed by atoms with Crippen LogP contribution in [-0.4, -0.2) is 4.98 Å². The molecule has 12 heavy (non-hydrogen) atoms. The van der Waals surface area contributed by atoms with Crippen molar-refractivity contribution in [3.63, 3.8) is 0 Å². The summed E-state index contributed by atoms with van der Waals surface area (Å²) < 4.78 is 0. The van der Waals surface area contributed by atoms with E-state index in [1.165, 1.54) is 0 Å². The summed E-state index contributed by atoms with van der Waals surface area (Å²) in [6.07, 6.45) is 3.65. The highest BCUT2D eigenvalue weighted by atomic mass is 14.7. The van der Waals surface area contributed by atoms with Crippen LogP contribution in [0.2, 0.25) is 0 Å². The van der Waals surface area contributed by atoms with Crippen LogP contribution in [0.4, 0.5) is 0 Å². The van der Waals surface area contributed by atoms with E-state index in [2.05, 4.69) is 18.0 Å². The van der Waals surface area contributed by atoms with Crippen LogP contribution in [0, 0.1) is 11.3 Å². The van der Waals surface area contributed by atoms with Crippen LogP contribution in [0.15, 0.2) is 24.4 Å².